The van der Waals surface area contributed by atoms with Crippen LogP contribution in [-0.4, -0.2) is 41.7 Å². The van der Waals surface area contributed by atoms with Gasteiger partial charge in [0, 0.05) is 22.0 Å². The van der Waals surface area contributed by atoms with Crippen molar-refractivity contribution in [1.29, 1.82) is 0 Å². The second-order valence-corrected chi connectivity index (χ2v) is 8.24. The van der Waals surface area contributed by atoms with Crippen molar-refractivity contribution in [1.82, 2.24) is 10.4 Å². The van der Waals surface area contributed by atoms with Gasteiger partial charge in [0.2, 0.25) is 5.91 Å². The molecule has 0 bridgehead atoms. The Bertz CT molecular complexity index is 1010. The van der Waals surface area contributed by atoms with E-state index >= 15 is 0 Å². The van der Waals surface area contributed by atoms with Gasteiger partial charge in [-0.3, -0.25) is 29.6 Å². The first kappa shape index (κ1) is 22.3. The van der Waals surface area contributed by atoms with Crippen LogP contribution in [0.15, 0.2) is 46.9 Å². The fourth-order valence-electron chi connectivity index (χ4n) is 2.77. The lowest BCUT2D eigenvalue weighted by Gasteiger charge is -2.17. The Hall–Kier alpha value is -2.42. The highest BCUT2D eigenvalue weighted by Crippen LogP contribution is 2.23. The SMILES string of the molecule is O=C(COC(=O)[C@@H]1CC(=O)N(NC(=O)c2ccc(Cl)c(Cl)c2)C1)c1ccc(Br)cc1. The van der Waals surface area contributed by atoms with Gasteiger partial charge in [-0.15, -0.1) is 0 Å². The van der Waals surface area contributed by atoms with Crippen molar-refractivity contribution in [3.05, 3.63) is 68.1 Å². The summed E-state index contributed by atoms with van der Waals surface area (Å²) in [4.78, 5) is 48.8. The van der Waals surface area contributed by atoms with Crippen LogP contribution in [0, 0.1) is 5.92 Å². The van der Waals surface area contributed by atoms with Crippen molar-refractivity contribution in [2.45, 2.75) is 6.42 Å². The number of ketones is 1. The summed E-state index contributed by atoms with van der Waals surface area (Å²) in [6, 6.07) is 10.9. The number of carbonyl (C=O) groups excluding carboxylic acids is 4. The van der Waals surface area contributed by atoms with Gasteiger partial charge in [0.25, 0.3) is 5.91 Å². The van der Waals surface area contributed by atoms with Gasteiger partial charge in [-0.05, 0) is 30.3 Å². The van der Waals surface area contributed by atoms with E-state index in [9.17, 15) is 19.2 Å². The molecule has 1 N–H and O–H groups in total. The van der Waals surface area contributed by atoms with E-state index in [2.05, 4.69) is 21.4 Å². The van der Waals surface area contributed by atoms with E-state index in [0.717, 1.165) is 9.48 Å². The highest BCUT2D eigenvalue weighted by atomic mass is 79.9. The largest absolute Gasteiger partial charge is 0.457 e. The number of halogens is 3. The average Bonchev–Trinajstić information content (AvgIpc) is 3.08. The molecule has 1 heterocycles. The van der Waals surface area contributed by atoms with Gasteiger partial charge >= 0.3 is 5.97 Å². The number of hydrogen-bond acceptors (Lipinski definition) is 5. The molecule has 2 aromatic rings. The zero-order chi connectivity index (χ0) is 21.8. The Morgan fingerprint density at radius 3 is 2.40 bits per heavy atom. The van der Waals surface area contributed by atoms with Crippen molar-refractivity contribution in [3.8, 4) is 0 Å². The van der Waals surface area contributed by atoms with Crippen molar-refractivity contribution in [2.75, 3.05) is 13.2 Å². The average molecular weight is 514 g/mol. The van der Waals surface area contributed by atoms with Gasteiger partial charge in [0.1, 0.15) is 0 Å². The Balaban J connectivity index is 1.53. The first-order chi connectivity index (χ1) is 14.2. The molecule has 1 atom stereocenters. The fraction of sp³-hybridized carbons (Fsp3) is 0.200. The number of nitrogens with one attached hydrogen (secondary N) is 1. The molecule has 30 heavy (non-hydrogen) atoms. The van der Waals surface area contributed by atoms with Crippen LogP contribution in [0.1, 0.15) is 27.1 Å². The number of esters is 1. The van der Waals surface area contributed by atoms with E-state index in [1.165, 1.54) is 18.2 Å². The molecule has 3 rings (SSSR count). The molecule has 1 fully saturated rings. The summed E-state index contributed by atoms with van der Waals surface area (Å²) in [6.07, 6.45) is -0.132. The monoisotopic (exact) mass is 512 g/mol. The van der Waals surface area contributed by atoms with Crippen LogP contribution >= 0.6 is 39.1 Å². The smallest absolute Gasteiger partial charge is 0.311 e. The summed E-state index contributed by atoms with van der Waals surface area (Å²) < 4.78 is 5.89. The van der Waals surface area contributed by atoms with Crippen molar-refractivity contribution >= 4 is 62.7 Å². The summed E-state index contributed by atoms with van der Waals surface area (Å²) in [5.41, 5.74) is 3.05. The number of hydrazine groups is 1. The molecule has 1 saturated heterocycles. The molecule has 0 spiro atoms. The number of nitrogens with zero attached hydrogens (tertiary/aromatic N) is 1. The van der Waals surface area contributed by atoms with Crippen LogP contribution in [-0.2, 0) is 14.3 Å². The number of benzene rings is 2. The molecule has 2 aromatic carbocycles. The molecule has 0 aromatic heterocycles. The number of carbonyl (C=O) groups is 4. The number of rotatable bonds is 6. The second kappa shape index (κ2) is 9.59. The lowest BCUT2D eigenvalue weighted by Crippen LogP contribution is -2.43. The predicted octanol–water partition coefficient (Wildman–Crippen LogP) is 3.68. The van der Waals surface area contributed by atoms with Crippen LogP contribution in [0.3, 0.4) is 0 Å². The van der Waals surface area contributed by atoms with E-state index in [1.807, 2.05) is 0 Å². The number of Topliss-reactive ketones (excluding diaryl/α,β-unsaturated/α-hetero) is 1. The van der Waals surface area contributed by atoms with E-state index < -0.39 is 30.3 Å². The molecule has 0 aliphatic carbocycles. The first-order valence-electron chi connectivity index (χ1n) is 8.76. The van der Waals surface area contributed by atoms with E-state index in [1.54, 1.807) is 24.3 Å². The number of amides is 2. The maximum absolute atomic E-state index is 12.3. The van der Waals surface area contributed by atoms with Gasteiger partial charge in [0.15, 0.2) is 12.4 Å². The van der Waals surface area contributed by atoms with Gasteiger partial charge in [-0.2, -0.15) is 0 Å². The predicted molar refractivity (Wildman–Crippen MR) is 113 cm³/mol. The molecule has 2 amide bonds. The summed E-state index contributed by atoms with van der Waals surface area (Å²) in [7, 11) is 0. The summed E-state index contributed by atoms with van der Waals surface area (Å²) >= 11 is 15.0. The number of hydrogen-bond donors (Lipinski definition) is 1. The second-order valence-electron chi connectivity index (χ2n) is 6.51. The normalized spacial score (nSPS) is 15.8. The van der Waals surface area contributed by atoms with E-state index in [0.29, 0.717) is 10.6 Å². The molecule has 0 saturated carbocycles. The quantitative estimate of drug-likeness (QED) is 0.470. The molecule has 0 radical (unpaired) electrons. The Labute approximate surface area is 190 Å². The summed E-state index contributed by atoms with van der Waals surface area (Å²) in [6.45, 7) is -0.488. The third-order valence-corrected chi connectivity index (χ3v) is 5.66. The van der Waals surface area contributed by atoms with Gasteiger partial charge in [-0.25, -0.2) is 0 Å². The maximum Gasteiger partial charge on any atom is 0.311 e. The lowest BCUT2D eigenvalue weighted by atomic mass is 10.1. The summed E-state index contributed by atoms with van der Waals surface area (Å²) in [5.74, 6) is -2.83. The van der Waals surface area contributed by atoms with Crippen LogP contribution in [0.2, 0.25) is 10.0 Å². The van der Waals surface area contributed by atoms with Crippen LogP contribution in [0.25, 0.3) is 0 Å². The van der Waals surface area contributed by atoms with Crippen molar-refractivity contribution < 1.29 is 23.9 Å². The third-order valence-electron chi connectivity index (χ3n) is 4.39. The molecule has 0 unspecified atom stereocenters. The molecule has 1 aliphatic heterocycles. The van der Waals surface area contributed by atoms with E-state index in [-0.39, 0.29) is 29.3 Å². The Morgan fingerprint density at radius 2 is 1.73 bits per heavy atom. The molecule has 7 nitrogen and oxygen atoms in total. The third kappa shape index (κ3) is 5.38. The van der Waals surface area contributed by atoms with Crippen LogP contribution < -0.4 is 5.43 Å². The fourth-order valence-corrected chi connectivity index (χ4v) is 3.33. The highest BCUT2D eigenvalue weighted by Gasteiger charge is 2.36. The first-order valence-corrected chi connectivity index (χ1v) is 10.3. The zero-order valence-corrected chi connectivity index (χ0v) is 18.5. The minimum absolute atomic E-state index is 0.0583. The summed E-state index contributed by atoms with van der Waals surface area (Å²) in [5, 5.41) is 1.55. The van der Waals surface area contributed by atoms with Gasteiger partial charge in [-0.1, -0.05) is 51.3 Å². The van der Waals surface area contributed by atoms with E-state index in [4.69, 9.17) is 27.9 Å². The van der Waals surface area contributed by atoms with Gasteiger partial charge < -0.3 is 4.74 Å². The van der Waals surface area contributed by atoms with Gasteiger partial charge in [0.05, 0.1) is 22.5 Å². The topological polar surface area (TPSA) is 92.8 Å². The standard InChI is InChI=1S/C20H15BrCl2N2O5/c21-14-4-1-11(2-5-14)17(26)10-30-20(29)13-8-18(27)25(9-13)24-19(28)12-3-6-15(22)16(23)7-12/h1-7,13H,8-10H2,(H,24,28)/t13-/m1/s1. The highest BCUT2D eigenvalue weighted by molar-refractivity contribution is 9.10. The van der Waals surface area contributed by atoms with Crippen LogP contribution in [0.5, 0.6) is 0 Å². The van der Waals surface area contributed by atoms with Crippen molar-refractivity contribution in [3.63, 3.8) is 0 Å². The molecular formula is C20H15BrCl2N2O5. The minimum atomic E-state index is -0.788. The molecular weight excluding hydrogens is 499 g/mol. The zero-order valence-electron chi connectivity index (χ0n) is 15.4. The lowest BCUT2D eigenvalue weighted by molar-refractivity contribution is -0.147. The molecule has 156 valence electrons. The number of ether oxygens (including phenoxy) is 1. The van der Waals surface area contributed by atoms with Crippen molar-refractivity contribution in [2.24, 2.45) is 5.92 Å². The minimum Gasteiger partial charge on any atom is -0.457 e. The molecule has 10 heteroatoms. The molecule has 1 aliphatic rings. The maximum atomic E-state index is 12.3. The Kier molecular flexibility index (Phi) is 7.12. The van der Waals surface area contributed by atoms with Crippen LogP contribution in [0.4, 0.5) is 0 Å². The Morgan fingerprint density at radius 1 is 1.07 bits per heavy atom.